The number of amides is 1. The van der Waals surface area contributed by atoms with E-state index in [0.29, 0.717) is 11.5 Å². The smallest absolute Gasteiger partial charge is 0.330 e. The predicted molar refractivity (Wildman–Crippen MR) is 134 cm³/mol. The minimum absolute atomic E-state index is 0.367. The molecule has 0 saturated carbocycles. The summed E-state index contributed by atoms with van der Waals surface area (Å²) >= 11 is 0. The van der Waals surface area contributed by atoms with Crippen LogP contribution in [0, 0.1) is 5.92 Å². The number of esters is 1. The highest BCUT2D eigenvalue weighted by atomic mass is 16.5. The van der Waals surface area contributed by atoms with Gasteiger partial charge in [-0.3, -0.25) is 9.59 Å². The van der Waals surface area contributed by atoms with Crippen LogP contribution in [-0.2, 0) is 19.1 Å². The number of nitrogens with zero attached hydrogens (tertiary/aromatic N) is 1. The van der Waals surface area contributed by atoms with E-state index in [-0.39, 0.29) is 5.78 Å². The molecule has 0 N–H and O–H groups in total. The van der Waals surface area contributed by atoms with Crippen molar-refractivity contribution in [3.8, 4) is 11.5 Å². The van der Waals surface area contributed by atoms with Gasteiger partial charge in [-0.15, -0.1) is 0 Å². The Labute approximate surface area is 210 Å². The molecule has 0 aliphatic carbocycles. The topological polar surface area (TPSA) is 82.1 Å². The van der Waals surface area contributed by atoms with E-state index in [0.717, 1.165) is 16.7 Å². The Bertz CT molecular complexity index is 1180. The van der Waals surface area contributed by atoms with Crippen molar-refractivity contribution in [3.63, 3.8) is 0 Å². The van der Waals surface area contributed by atoms with E-state index in [2.05, 4.69) is 0 Å². The van der Waals surface area contributed by atoms with Crippen molar-refractivity contribution >= 4 is 17.7 Å². The lowest BCUT2D eigenvalue weighted by molar-refractivity contribution is -0.181. The van der Waals surface area contributed by atoms with Crippen LogP contribution in [0.5, 0.6) is 11.5 Å². The normalized spacial score (nSPS) is 17.8. The molecule has 0 unspecified atom stereocenters. The van der Waals surface area contributed by atoms with Gasteiger partial charge in [-0.25, -0.2) is 4.79 Å². The molecule has 0 spiro atoms. The molecule has 4 rings (SSSR count). The van der Waals surface area contributed by atoms with Crippen LogP contribution in [0.1, 0.15) is 42.7 Å². The maximum Gasteiger partial charge on any atom is 0.330 e. The molecule has 186 valence electrons. The zero-order valence-corrected chi connectivity index (χ0v) is 20.7. The first-order valence-corrected chi connectivity index (χ1v) is 11.7. The van der Waals surface area contributed by atoms with Crippen molar-refractivity contribution < 1.29 is 28.6 Å². The van der Waals surface area contributed by atoms with Gasteiger partial charge in [0.1, 0.15) is 35.3 Å². The molecule has 0 radical (unpaired) electrons. The van der Waals surface area contributed by atoms with Crippen LogP contribution in [0.4, 0.5) is 0 Å². The Kier molecular flexibility index (Phi) is 7.38. The molecule has 0 bridgehead atoms. The maximum absolute atomic E-state index is 13.4. The van der Waals surface area contributed by atoms with Crippen LogP contribution in [0.2, 0.25) is 0 Å². The van der Waals surface area contributed by atoms with E-state index in [1.54, 1.807) is 45.4 Å². The van der Waals surface area contributed by atoms with Gasteiger partial charge < -0.3 is 19.1 Å². The first kappa shape index (κ1) is 25.0. The average molecular weight is 488 g/mol. The van der Waals surface area contributed by atoms with Crippen molar-refractivity contribution in [2.45, 2.75) is 32.0 Å². The second-order valence-corrected chi connectivity index (χ2v) is 8.72. The van der Waals surface area contributed by atoms with E-state index in [1.807, 2.05) is 54.6 Å². The lowest BCUT2D eigenvalue weighted by atomic mass is 9.80. The third-order valence-corrected chi connectivity index (χ3v) is 6.52. The monoisotopic (exact) mass is 487 g/mol. The number of β-lactam (4-membered cyclic amide) rings is 1. The number of hydrogen-bond acceptors (Lipinski definition) is 6. The minimum Gasteiger partial charge on any atom is -0.497 e. The van der Waals surface area contributed by atoms with Gasteiger partial charge in [-0.2, -0.15) is 0 Å². The van der Waals surface area contributed by atoms with E-state index in [4.69, 9.17) is 14.2 Å². The largest absolute Gasteiger partial charge is 0.497 e. The molecule has 1 fully saturated rings. The lowest BCUT2D eigenvalue weighted by Gasteiger charge is -2.49. The fourth-order valence-electron chi connectivity index (χ4n) is 4.57. The Balaban J connectivity index is 1.72. The number of rotatable bonds is 9. The summed E-state index contributed by atoms with van der Waals surface area (Å²) in [6, 6.07) is 22.2. The second-order valence-electron chi connectivity index (χ2n) is 8.72. The van der Waals surface area contributed by atoms with Gasteiger partial charge in [-0.1, -0.05) is 54.6 Å². The Morgan fingerprint density at radius 3 is 1.72 bits per heavy atom. The Morgan fingerprint density at radius 1 is 0.778 bits per heavy atom. The summed E-state index contributed by atoms with van der Waals surface area (Å²) in [4.78, 5) is 40.7. The molecule has 3 aromatic carbocycles. The van der Waals surface area contributed by atoms with Crippen molar-refractivity contribution in [2.24, 2.45) is 5.92 Å². The van der Waals surface area contributed by atoms with E-state index in [1.165, 1.54) is 11.8 Å². The highest BCUT2D eigenvalue weighted by molar-refractivity contribution is 6.11. The summed E-state index contributed by atoms with van der Waals surface area (Å²) in [5, 5.41) is 0. The van der Waals surface area contributed by atoms with Crippen LogP contribution in [-0.4, -0.2) is 42.8 Å². The second kappa shape index (κ2) is 10.6. The number of methoxy groups -OCH3 is 2. The van der Waals surface area contributed by atoms with Gasteiger partial charge in [0, 0.05) is 0 Å². The van der Waals surface area contributed by atoms with Crippen molar-refractivity contribution in [3.05, 3.63) is 95.6 Å². The summed E-state index contributed by atoms with van der Waals surface area (Å²) in [6.07, 6.45) is -0.538. The van der Waals surface area contributed by atoms with E-state index in [9.17, 15) is 14.4 Å². The van der Waals surface area contributed by atoms with Crippen molar-refractivity contribution in [2.75, 3.05) is 14.2 Å². The Morgan fingerprint density at radius 2 is 1.28 bits per heavy atom. The predicted octanol–water partition coefficient (Wildman–Crippen LogP) is 4.51. The van der Waals surface area contributed by atoms with Gasteiger partial charge >= 0.3 is 5.97 Å². The van der Waals surface area contributed by atoms with E-state index < -0.39 is 36.0 Å². The summed E-state index contributed by atoms with van der Waals surface area (Å²) in [6.45, 7) is 3.10. The van der Waals surface area contributed by atoms with Gasteiger partial charge in [-0.05, 0) is 54.8 Å². The zero-order chi connectivity index (χ0) is 25.8. The first-order chi connectivity index (χ1) is 17.3. The highest BCUT2D eigenvalue weighted by Gasteiger charge is 2.57. The fourth-order valence-corrected chi connectivity index (χ4v) is 4.57. The minimum atomic E-state index is -1.08. The quantitative estimate of drug-likeness (QED) is 0.251. The highest BCUT2D eigenvalue weighted by Crippen LogP contribution is 2.42. The molecule has 36 heavy (non-hydrogen) atoms. The lowest BCUT2D eigenvalue weighted by Crippen LogP contribution is -2.67. The number of Topliss-reactive ketones (excluding diaryl/α,β-unsaturated/α-hetero) is 1. The molecule has 1 aliphatic rings. The molecule has 1 heterocycles. The molecular weight excluding hydrogens is 458 g/mol. The molecule has 1 saturated heterocycles. The van der Waals surface area contributed by atoms with Gasteiger partial charge in [0.25, 0.3) is 0 Å². The molecule has 3 atom stereocenters. The summed E-state index contributed by atoms with van der Waals surface area (Å²) in [5.41, 5.74) is 2.36. The third kappa shape index (κ3) is 4.82. The third-order valence-electron chi connectivity index (χ3n) is 6.52. The molecular formula is C29H29NO6. The molecule has 7 nitrogen and oxygen atoms in total. The molecule has 3 aromatic rings. The number of carbonyl (C=O) groups excluding carboxylic acids is 3. The molecule has 1 amide bonds. The van der Waals surface area contributed by atoms with Crippen LogP contribution in [0.25, 0.3) is 0 Å². The maximum atomic E-state index is 13.4. The van der Waals surface area contributed by atoms with E-state index >= 15 is 0 Å². The van der Waals surface area contributed by atoms with Crippen LogP contribution in [0.15, 0.2) is 78.9 Å². The van der Waals surface area contributed by atoms with Crippen molar-refractivity contribution in [1.82, 2.24) is 4.90 Å². The van der Waals surface area contributed by atoms with Crippen molar-refractivity contribution in [1.29, 1.82) is 0 Å². The average Bonchev–Trinajstić information content (AvgIpc) is 2.90. The Hall–Kier alpha value is -4.13. The molecule has 0 aromatic heterocycles. The van der Waals surface area contributed by atoms with Crippen LogP contribution < -0.4 is 9.47 Å². The number of ketones is 1. The summed E-state index contributed by atoms with van der Waals surface area (Å²) in [7, 11) is 3.15. The van der Waals surface area contributed by atoms with Crippen LogP contribution >= 0.6 is 0 Å². The zero-order valence-electron chi connectivity index (χ0n) is 20.7. The summed E-state index contributed by atoms with van der Waals surface area (Å²) < 4.78 is 16.3. The summed E-state index contributed by atoms with van der Waals surface area (Å²) in [5.74, 6) is -1.15. The first-order valence-electron chi connectivity index (χ1n) is 11.7. The van der Waals surface area contributed by atoms with Gasteiger partial charge in [0.2, 0.25) is 5.91 Å². The standard InChI is InChI=1S/C29H29NO6/c1-18(31)25-27(29(33)36-19(2)20-8-6-5-7-9-20)30(28(25)32)26(21-10-14-23(34-3)15-11-21)22-12-16-24(35-4)17-13-22/h5-17,19,25-27H,1-4H3/t19-,25+,27-/m1/s1. The number of likely N-dealkylation sites (tertiary alicyclic amines) is 1. The SMILES string of the molecule is COc1ccc(C(c2ccc(OC)cc2)N2C(=O)[C@@H](C(C)=O)[C@@H]2C(=O)O[C@H](C)c2ccccc2)cc1. The number of hydrogen-bond donors (Lipinski definition) is 0. The number of benzene rings is 3. The number of ether oxygens (including phenoxy) is 3. The van der Waals surface area contributed by atoms with Gasteiger partial charge in [0.05, 0.1) is 20.3 Å². The number of carbonyl (C=O) groups is 3. The van der Waals surface area contributed by atoms with Gasteiger partial charge in [0.15, 0.2) is 0 Å². The molecule has 7 heteroatoms. The fraction of sp³-hybridized carbons (Fsp3) is 0.276. The molecule has 1 aliphatic heterocycles. The van der Waals surface area contributed by atoms with Crippen LogP contribution in [0.3, 0.4) is 0 Å².